The van der Waals surface area contributed by atoms with Crippen molar-refractivity contribution in [3.8, 4) is 16.3 Å². The zero-order valence-corrected chi connectivity index (χ0v) is 19.0. The highest BCUT2D eigenvalue weighted by Crippen LogP contribution is 2.24. The zero-order chi connectivity index (χ0) is 22.3. The molecule has 0 radical (unpaired) electrons. The van der Waals surface area contributed by atoms with Crippen molar-refractivity contribution in [3.05, 3.63) is 82.3 Å². The Balaban J connectivity index is 1.55. The van der Waals surface area contributed by atoms with Gasteiger partial charge >= 0.3 is 0 Å². The molecule has 2 heterocycles. The standard InChI is InChI=1S/C24H26N4O3S/c1-3-31-21-11-9-18(10-12-21)16-27(13-14-30-2)17-20-15-22(29)28-24(25-20)32-23(26-28)19-7-5-4-6-8-19/h4-12,15H,3,13-14,16-17H2,1-2H3. The average Bonchev–Trinajstić information content (AvgIpc) is 3.24. The van der Waals surface area contributed by atoms with Crippen LogP contribution in [-0.4, -0.2) is 46.4 Å². The lowest BCUT2D eigenvalue weighted by Gasteiger charge is -2.21. The molecule has 4 aromatic rings. The molecule has 0 bridgehead atoms. The smallest absolute Gasteiger partial charge is 0.275 e. The molecule has 0 N–H and O–H groups in total. The van der Waals surface area contributed by atoms with E-state index in [-0.39, 0.29) is 5.56 Å². The van der Waals surface area contributed by atoms with Crippen molar-refractivity contribution < 1.29 is 9.47 Å². The van der Waals surface area contributed by atoms with Gasteiger partial charge < -0.3 is 9.47 Å². The van der Waals surface area contributed by atoms with E-state index in [1.165, 1.54) is 15.9 Å². The van der Waals surface area contributed by atoms with Gasteiger partial charge in [-0.1, -0.05) is 53.8 Å². The largest absolute Gasteiger partial charge is 0.494 e. The van der Waals surface area contributed by atoms with Crippen LogP contribution in [0.3, 0.4) is 0 Å². The third kappa shape index (κ3) is 5.40. The van der Waals surface area contributed by atoms with Crippen molar-refractivity contribution in [3.63, 3.8) is 0 Å². The Bertz CT molecular complexity index is 1210. The van der Waals surface area contributed by atoms with Crippen LogP contribution < -0.4 is 10.3 Å². The molecule has 0 fully saturated rings. The molecular formula is C24H26N4O3S. The SMILES string of the molecule is CCOc1ccc(CN(CCOC)Cc2cc(=O)n3nc(-c4ccccc4)sc3n2)cc1. The predicted octanol–water partition coefficient (Wildman–Crippen LogP) is 3.87. The predicted molar refractivity (Wildman–Crippen MR) is 126 cm³/mol. The minimum atomic E-state index is -0.170. The lowest BCUT2D eigenvalue weighted by atomic mass is 10.2. The highest BCUT2D eigenvalue weighted by Gasteiger charge is 2.13. The van der Waals surface area contributed by atoms with Crippen molar-refractivity contribution >= 4 is 16.3 Å². The molecule has 0 aliphatic carbocycles. The highest BCUT2D eigenvalue weighted by molar-refractivity contribution is 7.19. The Morgan fingerprint density at radius 1 is 1.06 bits per heavy atom. The summed E-state index contributed by atoms with van der Waals surface area (Å²) in [6, 6.07) is 19.5. The summed E-state index contributed by atoms with van der Waals surface area (Å²) in [5.41, 5.74) is 2.68. The molecule has 0 unspecified atom stereocenters. The van der Waals surface area contributed by atoms with E-state index in [1.54, 1.807) is 13.2 Å². The first-order chi connectivity index (χ1) is 15.7. The summed E-state index contributed by atoms with van der Waals surface area (Å²) in [7, 11) is 1.69. The van der Waals surface area contributed by atoms with Crippen LogP contribution in [0.15, 0.2) is 65.5 Å². The normalized spacial score (nSPS) is 11.3. The van der Waals surface area contributed by atoms with Crippen molar-refractivity contribution in [1.82, 2.24) is 19.5 Å². The number of ether oxygens (including phenoxy) is 2. The van der Waals surface area contributed by atoms with E-state index in [0.717, 1.165) is 40.7 Å². The average molecular weight is 451 g/mol. The van der Waals surface area contributed by atoms with Crippen LogP contribution in [0.2, 0.25) is 0 Å². The maximum Gasteiger partial charge on any atom is 0.275 e. The lowest BCUT2D eigenvalue weighted by molar-refractivity contribution is 0.139. The summed E-state index contributed by atoms with van der Waals surface area (Å²) in [6.45, 7) is 5.20. The number of hydrogen-bond acceptors (Lipinski definition) is 7. The Labute approximate surface area is 190 Å². The summed E-state index contributed by atoms with van der Waals surface area (Å²) in [5.74, 6) is 0.860. The van der Waals surface area contributed by atoms with Crippen LogP contribution in [0, 0.1) is 0 Å². The topological polar surface area (TPSA) is 69.0 Å². The fourth-order valence-corrected chi connectivity index (χ4v) is 4.34. The first kappa shape index (κ1) is 22.1. The van der Waals surface area contributed by atoms with Crippen LogP contribution in [0.25, 0.3) is 15.5 Å². The van der Waals surface area contributed by atoms with Crippen LogP contribution in [0.4, 0.5) is 0 Å². The maximum atomic E-state index is 12.7. The molecule has 2 aromatic carbocycles. The van der Waals surface area contributed by atoms with E-state index in [0.29, 0.717) is 24.7 Å². The second-order valence-electron chi connectivity index (χ2n) is 7.33. The number of fused-ring (bicyclic) bond motifs is 1. The van der Waals surface area contributed by atoms with Crippen molar-refractivity contribution in [2.45, 2.75) is 20.0 Å². The molecule has 4 rings (SSSR count). The van der Waals surface area contributed by atoms with E-state index in [9.17, 15) is 4.79 Å². The van der Waals surface area contributed by atoms with Gasteiger partial charge in [-0.2, -0.15) is 9.61 Å². The quantitative estimate of drug-likeness (QED) is 0.365. The number of nitrogens with zero attached hydrogens (tertiary/aromatic N) is 4. The summed E-state index contributed by atoms with van der Waals surface area (Å²) in [4.78, 5) is 20.2. The van der Waals surface area contributed by atoms with Gasteiger partial charge in [0.05, 0.1) is 18.9 Å². The van der Waals surface area contributed by atoms with E-state index < -0.39 is 0 Å². The minimum absolute atomic E-state index is 0.170. The molecule has 8 heteroatoms. The number of rotatable bonds is 10. The van der Waals surface area contributed by atoms with Crippen LogP contribution in [-0.2, 0) is 17.8 Å². The number of hydrogen-bond donors (Lipinski definition) is 0. The molecule has 0 atom stereocenters. The summed E-state index contributed by atoms with van der Waals surface area (Å²) in [6.07, 6.45) is 0. The van der Waals surface area contributed by atoms with E-state index >= 15 is 0 Å². The van der Waals surface area contributed by atoms with Gasteiger partial charge in [-0.05, 0) is 24.6 Å². The fraction of sp³-hybridized carbons (Fsp3) is 0.292. The molecule has 0 aliphatic rings. The van der Waals surface area contributed by atoms with Gasteiger partial charge in [0.25, 0.3) is 5.56 Å². The third-order valence-corrected chi connectivity index (χ3v) is 5.91. The van der Waals surface area contributed by atoms with Crippen molar-refractivity contribution in [2.75, 3.05) is 26.9 Å². The minimum Gasteiger partial charge on any atom is -0.494 e. The Morgan fingerprint density at radius 3 is 2.56 bits per heavy atom. The third-order valence-electron chi connectivity index (χ3n) is 4.96. The zero-order valence-electron chi connectivity index (χ0n) is 18.2. The van der Waals surface area contributed by atoms with Gasteiger partial charge in [-0.25, -0.2) is 4.98 Å². The number of methoxy groups -OCH3 is 1. The summed E-state index contributed by atoms with van der Waals surface area (Å²) < 4.78 is 12.2. The van der Waals surface area contributed by atoms with Crippen LogP contribution in [0.5, 0.6) is 5.75 Å². The first-order valence-electron chi connectivity index (χ1n) is 10.5. The summed E-state index contributed by atoms with van der Waals surface area (Å²) >= 11 is 1.42. The number of benzene rings is 2. The van der Waals surface area contributed by atoms with Crippen molar-refractivity contribution in [1.29, 1.82) is 0 Å². The summed E-state index contributed by atoms with van der Waals surface area (Å²) in [5, 5.41) is 5.23. The van der Waals surface area contributed by atoms with Gasteiger partial charge in [0.1, 0.15) is 10.8 Å². The molecule has 166 valence electrons. The Kier molecular flexibility index (Phi) is 7.26. The Hall–Kier alpha value is -3.07. The van der Waals surface area contributed by atoms with Gasteiger partial charge in [0, 0.05) is 38.4 Å². The van der Waals surface area contributed by atoms with Crippen LogP contribution in [0.1, 0.15) is 18.2 Å². The molecule has 7 nitrogen and oxygen atoms in total. The maximum absolute atomic E-state index is 12.7. The number of aromatic nitrogens is 3. The second kappa shape index (κ2) is 10.5. The molecule has 0 aliphatic heterocycles. The molecule has 0 spiro atoms. The lowest BCUT2D eigenvalue weighted by Crippen LogP contribution is -2.28. The van der Waals surface area contributed by atoms with E-state index in [4.69, 9.17) is 14.5 Å². The van der Waals surface area contributed by atoms with Gasteiger partial charge in [0.2, 0.25) is 4.96 Å². The molecule has 0 amide bonds. The van der Waals surface area contributed by atoms with E-state index in [2.05, 4.69) is 22.1 Å². The van der Waals surface area contributed by atoms with Crippen LogP contribution >= 0.6 is 11.3 Å². The van der Waals surface area contributed by atoms with Gasteiger partial charge in [0.15, 0.2) is 0 Å². The molecule has 0 saturated heterocycles. The fourth-order valence-electron chi connectivity index (χ4n) is 3.41. The van der Waals surface area contributed by atoms with E-state index in [1.807, 2.05) is 49.4 Å². The van der Waals surface area contributed by atoms with Crippen molar-refractivity contribution in [2.24, 2.45) is 0 Å². The molecule has 2 aromatic heterocycles. The molecular weight excluding hydrogens is 424 g/mol. The Morgan fingerprint density at radius 2 is 1.84 bits per heavy atom. The molecule has 0 saturated carbocycles. The van der Waals surface area contributed by atoms with Gasteiger partial charge in [-0.15, -0.1) is 0 Å². The second-order valence-corrected chi connectivity index (χ2v) is 8.29. The highest BCUT2D eigenvalue weighted by atomic mass is 32.1. The molecule has 32 heavy (non-hydrogen) atoms. The first-order valence-corrected chi connectivity index (χ1v) is 11.4. The van der Waals surface area contributed by atoms with Gasteiger partial charge in [-0.3, -0.25) is 9.69 Å². The monoisotopic (exact) mass is 450 g/mol.